The average Bonchev–Trinajstić information content (AvgIpc) is 3.02. The summed E-state index contributed by atoms with van der Waals surface area (Å²) in [6.07, 6.45) is 7.53. The van der Waals surface area contributed by atoms with Crippen molar-refractivity contribution in [3.63, 3.8) is 0 Å². The standard InChI is InChI=1S/C18H19ClN6O/c1-2-12-14(19)13-16(8-3-10-11(4-8)15(10)20)24-18(25-17(13)23-12)26-9-5-21-7-22-6-9/h5-8,10-11,15H,2-4,20H2,1H3,(H,23,24,25). The fraction of sp³-hybridized carbons (Fsp3) is 0.444. The Morgan fingerprint density at radius 3 is 2.65 bits per heavy atom. The summed E-state index contributed by atoms with van der Waals surface area (Å²) < 4.78 is 5.79. The van der Waals surface area contributed by atoms with E-state index >= 15 is 0 Å². The molecule has 5 rings (SSSR count). The molecule has 2 fully saturated rings. The van der Waals surface area contributed by atoms with Crippen LogP contribution in [0.2, 0.25) is 5.02 Å². The second-order valence-electron chi connectivity index (χ2n) is 7.14. The fourth-order valence-electron chi connectivity index (χ4n) is 4.26. The van der Waals surface area contributed by atoms with Gasteiger partial charge in [0, 0.05) is 17.7 Å². The second kappa shape index (κ2) is 5.89. The number of nitrogens with one attached hydrogen (secondary N) is 1. The molecule has 3 N–H and O–H groups in total. The van der Waals surface area contributed by atoms with Crippen LogP contribution >= 0.6 is 11.6 Å². The van der Waals surface area contributed by atoms with Gasteiger partial charge in [0.25, 0.3) is 0 Å². The maximum absolute atomic E-state index is 6.63. The van der Waals surface area contributed by atoms with Crippen LogP contribution in [-0.4, -0.2) is 31.0 Å². The molecule has 26 heavy (non-hydrogen) atoms. The normalized spacial score (nSPS) is 26.9. The van der Waals surface area contributed by atoms with Gasteiger partial charge in [0.2, 0.25) is 0 Å². The van der Waals surface area contributed by atoms with Gasteiger partial charge >= 0.3 is 6.01 Å². The molecule has 3 heterocycles. The van der Waals surface area contributed by atoms with Gasteiger partial charge in [-0.25, -0.2) is 9.97 Å². The minimum absolute atomic E-state index is 0.285. The highest BCUT2D eigenvalue weighted by Gasteiger charge is 2.54. The minimum atomic E-state index is 0.285. The average molecular weight is 371 g/mol. The van der Waals surface area contributed by atoms with Crippen molar-refractivity contribution in [3.05, 3.63) is 35.1 Å². The number of fused-ring (bicyclic) bond motifs is 2. The van der Waals surface area contributed by atoms with Crippen LogP contribution in [0.5, 0.6) is 11.8 Å². The second-order valence-corrected chi connectivity index (χ2v) is 7.51. The van der Waals surface area contributed by atoms with Crippen LogP contribution in [0.4, 0.5) is 0 Å². The van der Waals surface area contributed by atoms with Crippen LogP contribution in [0, 0.1) is 11.8 Å². The summed E-state index contributed by atoms with van der Waals surface area (Å²) in [7, 11) is 0. The van der Waals surface area contributed by atoms with E-state index in [0.29, 0.717) is 35.2 Å². The predicted octanol–water partition coefficient (Wildman–Crippen LogP) is 3.21. The van der Waals surface area contributed by atoms with E-state index < -0.39 is 0 Å². The molecule has 0 bridgehead atoms. The molecule has 0 amide bonds. The van der Waals surface area contributed by atoms with Gasteiger partial charge < -0.3 is 15.5 Å². The summed E-state index contributed by atoms with van der Waals surface area (Å²) in [4.78, 5) is 20.5. The summed E-state index contributed by atoms with van der Waals surface area (Å²) >= 11 is 6.63. The number of hydrogen-bond donors (Lipinski definition) is 2. The van der Waals surface area contributed by atoms with E-state index in [1.54, 1.807) is 12.4 Å². The lowest BCUT2D eigenvalue weighted by atomic mass is 9.96. The van der Waals surface area contributed by atoms with Crippen molar-refractivity contribution in [1.29, 1.82) is 0 Å². The highest BCUT2D eigenvalue weighted by Crippen LogP contribution is 2.57. The Balaban J connectivity index is 1.59. The van der Waals surface area contributed by atoms with E-state index in [0.717, 1.165) is 41.1 Å². The Bertz CT molecular complexity index is 963. The Morgan fingerprint density at radius 1 is 1.23 bits per heavy atom. The number of H-pyrrole nitrogens is 1. The van der Waals surface area contributed by atoms with Crippen molar-refractivity contribution in [1.82, 2.24) is 24.9 Å². The highest BCUT2D eigenvalue weighted by molar-refractivity contribution is 6.36. The summed E-state index contributed by atoms with van der Waals surface area (Å²) in [5, 5.41) is 1.64. The zero-order valence-corrected chi connectivity index (χ0v) is 15.1. The molecule has 0 radical (unpaired) electrons. The molecule has 3 aromatic heterocycles. The lowest BCUT2D eigenvalue weighted by Crippen LogP contribution is -2.12. The van der Waals surface area contributed by atoms with E-state index in [4.69, 9.17) is 27.1 Å². The SMILES string of the molecule is CCc1[nH]c2nc(Oc3cncnc3)nc(C3CC4C(N)C4C3)c2c1Cl. The Morgan fingerprint density at radius 2 is 1.96 bits per heavy atom. The summed E-state index contributed by atoms with van der Waals surface area (Å²) in [5.41, 5.74) is 8.76. The minimum Gasteiger partial charge on any atom is -0.421 e. The van der Waals surface area contributed by atoms with Crippen LogP contribution in [0.15, 0.2) is 18.7 Å². The van der Waals surface area contributed by atoms with Gasteiger partial charge in [0.15, 0.2) is 5.75 Å². The molecular formula is C18H19ClN6O. The van der Waals surface area contributed by atoms with Crippen molar-refractivity contribution >= 4 is 22.6 Å². The first-order chi connectivity index (χ1) is 12.7. The molecular weight excluding hydrogens is 352 g/mol. The highest BCUT2D eigenvalue weighted by atomic mass is 35.5. The first-order valence-electron chi connectivity index (χ1n) is 8.92. The monoisotopic (exact) mass is 370 g/mol. The lowest BCUT2D eigenvalue weighted by molar-refractivity contribution is 0.434. The molecule has 0 aliphatic heterocycles. The zero-order valence-electron chi connectivity index (χ0n) is 14.3. The largest absolute Gasteiger partial charge is 0.421 e. The molecule has 0 spiro atoms. The molecule has 2 saturated carbocycles. The van der Waals surface area contributed by atoms with Crippen molar-refractivity contribution < 1.29 is 4.74 Å². The van der Waals surface area contributed by atoms with Crippen LogP contribution in [-0.2, 0) is 6.42 Å². The third-order valence-corrected chi connectivity index (χ3v) is 6.08. The first-order valence-corrected chi connectivity index (χ1v) is 9.30. The number of halogens is 1. The molecule has 8 heteroatoms. The maximum atomic E-state index is 6.63. The number of ether oxygens (including phenoxy) is 1. The number of nitrogens with two attached hydrogens (primary N) is 1. The number of aromatic nitrogens is 5. The van der Waals surface area contributed by atoms with Crippen LogP contribution in [0.25, 0.3) is 11.0 Å². The summed E-state index contributed by atoms with van der Waals surface area (Å²) in [6, 6.07) is 0.640. The van der Waals surface area contributed by atoms with Crippen LogP contribution in [0.3, 0.4) is 0 Å². The number of aromatic amines is 1. The van der Waals surface area contributed by atoms with Gasteiger partial charge in [-0.05, 0) is 31.1 Å². The smallest absolute Gasteiger partial charge is 0.324 e. The molecule has 7 nitrogen and oxygen atoms in total. The lowest BCUT2D eigenvalue weighted by Gasteiger charge is -2.15. The molecule has 0 aromatic carbocycles. The Labute approximate surface area is 155 Å². The van der Waals surface area contributed by atoms with Gasteiger partial charge in [-0.2, -0.15) is 9.97 Å². The van der Waals surface area contributed by atoms with E-state index in [2.05, 4.69) is 26.9 Å². The molecule has 3 aromatic rings. The maximum Gasteiger partial charge on any atom is 0.324 e. The topological polar surface area (TPSA) is 103 Å². The predicted molar refractivity (Wildman–Crippen MR) is 97.3 cm³/mol. The molecule has 0 saturated heterocycles. The first kappa shape index (κ1) is 16.0. The molecule has 2 atom stereocenters. The van der Waals surface area contributed by atoms with Gasteiger partial charge in [-0.15, -0.1) is 0 Å². The van der Waals surface area contributed by atoms with Crippen molar-refractivity contribution in [2.75, 3.05) is 0 Å². The van der Waals surface area contributed by atoms with Crippen molar-refractivity contribution in [2.45, 2.75) is 38.1 Å². The molecule has 2 aliphatic rings. The third kappa shape index (κ3) is 2.46. The van der Waals surface area contributed by atoms with Gasteiger partial charge in [0.05, 0.1) is 28.5 Å². The molecule has 2 aliphatic carbocycles. The number of hydrogen-bond acceptors (Lipinski definition) is 6. The Kier molecular flexibility index (Phi) is 3.62. The van der Waals surface area contributed by atoms with E-state index in [-0.39, 0.29) is 6.01 Å². The summed E-state index contributed by atoms with van der Waals surface area (Å²) in [6.45, 7) is 2.06. The van der Waals surface area contributed by atoms with E-state index in [1.165, 1.54) is 6.33 Å². The van der Waals surface area contributed by atoms with Crippen molar-refractivity contribution in [3.8, 4) is 11.8 Å². The molecule has 2 unspecified atom stereocenters. The van der Waals surface area contributed by atoms with E-state index in [1.807, 2.05) is 0 Å². The van der Waals surface area contributed by atoms with E-state index in [9.17, 15) is 0 Å². The van der Waals surface area contributed by atoms with Gasteiger partial charge in [0.1, 0.15) is 12.0 Å². The fourth-order valence-corrected chi connectivity index (χ4v) is 4.62. The quantitative estimate of drug-likeness (QED) is 0.731. The third-order valence-electron chi connectivity index (χ3n) is 5.67. The number of aryl methyl sites for hydroxylation is 1. The van der Waals surface area contributed by atoms with Gasteiger partial charge in [-0.1, -0.05) is 18.5 Å². The van der Waals surface area contributed by atoms with Crippen LogP contribution < -0.4 is 10.5 Å². The van der Waals surface area contributed by atoms with Crippen LogP contribution in [0.1, 0.15) is 37.1 Å². The summed E-state index contributed by atoms with van der Waals surface area (Å²) in [5.74, 6) is 2.06. The van der Waals surface area contributed by atoms with Crippen molar-refractivity contribution in [2.24, 2.45) is 17.6 Å². The molecule has 134 valence electrons. The number of nitrogens with zero attached hydrogens (tertiary/aromatic N) is 4. The van der Waals surface area contributed by atoms with Gasteiger partial charge in [-0.3, -0.25) is 0 Å². The Hall–Kier alpha value is -2.25. The number of rotatable bonds is 4. The zero-order chi connectivity index (χ0) is 17.8.